The van der Waals surface area contributed by atoms with Crippen molar-refractivity contribution in [2.45, 2.75) is 0 Å². The Morgan fingerprint density at radius 1 is 1.14 bits per heavy atom. The summed E-state index contributed by atoms with van der Waals surface area (Å²) in [6, 6.07) is 10.1. The first-order chi connectivity index (χ1) is 10.1. The van der Waals surface area contributed by atoms with Gasteiger partial charge in [-0.05, 0) is 35.7 Å². The van der Waals surface area contributed by atoms with Gasteiger partial charge in [0.1, 0.15) is 5.69 Å². The quantitative estimate of drug-likeness (QED) is 0.687. The molecule has 1 aromatic carbocycles. The van der Waals surface area contributed by atoms with E-state index in [0.717, 1.165) is 10.9 Å². The molecular weight excluding hydrogens is 270 g/mol. The topological polar surface area (TPSA) is 95.1 Å². The zero-order valence-electron chi connectivity index (χ0n) is 10.8. The lowest BCUT2D eigenvalue weighted by atomic mass is 10.1. The van der Waals surface area contributed by atoms with Crippen molar-refractivity contribution >= 4 is 28.5 Å². The smallest absolute Gasteiger partial charge is 0.354 e. The number of carboxylic acid groups (broad SMARTS) is 1. The van der Waals surface area contributed by atoms with Crippen LogP contribution in [0.1, 0.15) is 20.8 Å². The van der Waals surface area contributed by atoms with E-state index in [1.165, 1.54) is 18.3 Å². The molecule has 104 valence electrons. The third kappa shape index (κ3) is 2.59. The van der Waals surface area contributed by atoms with E-state index in [1.807, 2.05) is 12.1 Å². The molecule has 3 aromatic rings. The van der Waals surface area contributed by atoms with Gasteiger partial charge in [0.25, 0.3) is 5.91 Å². The minimum absolute atomic E-state index is 0.118. The number of carbonyl (C=O) groups is 2. The molecule has 6 nitrogen and oxygen atoms in total. The van der Waals surface area contributed by atoms with Crippen molar-refractivity contribution in [3.8, 4) is 0 Å². The molecule has 0 spiro atoms. The summed E-state index contributed by atoms with van der Waals surface area (Å²) in [7, 11) is 0. The number of benzene rings is 1. The molecule has 0 atom stereocenters. The van der Waals surface area contributed by atoms with Crippen molar-refractivity contribution in [3.05, 3.63) is 60.0 Å². The van der Waals surface area contributed by atoms with Crippen LogP contribution in [0, 0.1) is 0 Å². The van der Waals surface area contributed by atoms with Crippen molar-refractivity contribution in [2.75, 3.05) is 5.32 Å². The molecule has 1 amide bonds. The first-order valence-corrected chi connectivity index (χ1v) is 6.21. The summed E-state index contributed by atoms with van der Waals surface area (Å²) in [4.78, 5) is 29.7. The Kier molecular flexibility index (Phi) is 3.12. The number of nitrogens with one attached hydrogen (secondary N) is 2. The molecule has 0 saturated carbocycles. The fourth-order valence-electron chi connectivity index (χ4n) is 2.02. The second kappa shape index (κ2) is 5.09. The van der Waals surface area contributed by atoms with E-state index < -0.39 is 5.97 Å². The third-order valence-corrected chi connectivity index (χ3v) is 3.05. The number of carboxylic acids is 1. The molecule has 6 heteroatoms. The Morgan fingerprint density at radius 3 is 2.81 bits per heavy atom. The fraction of sp³-hybridized carbons (Fsp3) is 0. The largest absolute Gasteiger partial charge is 0.477 e. The fourth-order valence-corrected chi connectivity index (χ4v) is 2.02. The number of carbonyl (C=O) groups excluding carboxylic acids is 1. The van der Waals surface area contributed by atoms with E-state index in [1.54, 1.807) is 18.3 Å². The molecule has 3 rings (SSSR count). The lowest BCUT2D eigenvalue weighted by molar-refractivity contribution is 0.0690. The summed E-state index contributed by atoms with van der Waals surface area (Å²) in [6.45, 7) is 0. The van der Waals surface area contributed by atoms with E-state index in [-0.39, 0.29) is 11.6 Å². The highest BCUT2D eigenvalue weighted by molar-refractivity contribution is 6.06. The van der Waals surface area contributed by atoms with Gasteiger partial charge in [0.15, 0.2) is 0 Å². The molecule has 0 bridgehead atoms. The molecule has 2 heterocycles. The monoisotopic (exact) mass is 281 g/mol. The normalized spacial score (nSPS) is 10.5. The number of pyridine rings is 1. The van der Waals surface area contributed by atoms with Crippen molar-refractivity contribution in [1.82, 2.24) is 9.97 Å². The van der Waals surface area contributed by atoms with Gasteiger partial charge in [0.05, 0.1) is 0 Å². The first-order valence-electron chi connectivity index (χ1n) is 6.21. The lowest BCUT2D eigenvalue weighted by Crippen LogP contribution is -2.12. The molecule has 0 aliphatic heterocycles. The highest BCUT2D eigenvalue weighted by atomic mass is 16.4. The Hall–Kier alpha value is -3.15. The first kappa shape index (κ1) is 12.9. The Morgan fingerprint density at radius 2 is 2.00 bits per heavy atom. The van der Waals surface area contributed by atoms with Crippen LogP contribution in [0.3, 0.4) is 0 Å². The maximum atomic E-state index is 12.2. The molecule has 0 radical (unpaired) electrons. The molecule has 2 aromatic heterocycles. The molecular formula is C15H11N3O3. The molecule has 0 aliphatic rings. The number of hydrogen-bond acceptors (Lipinski definition) is 3. The number of amides is 1. The van der Waals surface area contributed by atoms with Gasteiger partial charge >= 0.3 is 5.97 Å². The van der Waals surface area contributed by atoms with Crippen LogP contribution in [-0.4, -0.2) is 27.0 Å². The number of rotatable bonds is 3. The van der Waals surface area contributed by atoms with E-state index in [0.29, 0.717) is 11.3 Å². The number of H-pyrrole nitrogens is 1. The molecule has 0 saturated heterocycles. The van der Waals surface area contributed by atoms with Crippen LogP contribution in [-0.2, 0) is 0 Å². The Balaban J connectivity index is 1.85. The number of aromatic nitrogens is 2. The van der Waals surface area contributed by atoms with Gasteiger partial charge in [-0.25, -0.2) is 9.78 Å². The minimum Gasteiger partial charge on any atom is -0.477 e. The average molecular weight is 281 g/mol. The van der Waals surface area contributed by atoms with Gasteiger partial charge in [-0.3, -0.25) is 4.79 Å². The van der Waals surface area contributed by atoms with Crippen LogP contribution in [0.25, 0.3) is 10.9 Å². The zero-order chi connectivity index (χ0) is 14.8. The van der Waals surface area contributed by atoms with E-state index in [2.05, 4.69) is 15.3 Å². The van der Waals surface area contributed by atoms with E-state index >= 15 is 0 Å². The van der Waals surface area contributed by atoms with Crippen molar-refractivity contribution in [3.63, 3.8) is 0 Å². The zero-order valence-corrected chi connectivity index (χ0v) is 10.8. The van der Waals surface area contributed by atoms with Gasteiger partial charge in [0.2, 0.25) is 0 Å². The number of nitrogens with zero attached hydrogens (tertiary/aromatic N) is 1. The molecule has 0 unspecified atom stereocenters. The molecule has 0 aliphatic carbocycles. The molecule has 3 N–H and O–H groups in total. The van der Waals surface area contributed by atoms with Crippen molar-refractivity contribution < 1.29 is 14.7 Å². The van der Waals surface area contributed by atoms with E-state index in [4.69, 9.17) is 5.11 Å². The van der Waals surface area contributed by atoms with Crippen LogP contribution >= 0.6 is 0 Å². The Labute approximate surface area is 119 Å². The highest BCUT2D eigenvalue weighted by Crippen LogP contribution is 2.16. The number of anilines is 1. The summed E-state index contributed by atoms with van der Waals surface area (Å²) in [5.41, 5.74) is 1.62. The van der Waals surface area contributed by atoms with Crippen LogP contribution in [0.15, 0.2) is 48.8 Å². The van der Waals surface area contributed by atoms with Gasteiger partial charge in [-0.1, -0.05) is 6.07 Å². The van der Waals surface area contributed by atoms with Crippen LogP contribution < -0.4 is 5.32 Å². The second-order valence-electron chi connectivity index (χ2n) is 4.47. The summed E-state index contributed by atoms with van der Waals surface area (Å²) in [6.07, 6.45) is 3.14. The second-order valence-corrected chi connectivity index (χ2v) is 4.47. The number of fused-ring (bicyclic) bond motifs is 1. The van der Waals surface area contributed by atoms with Crippen LogP contribution in [0.4, 0.5) is 5.69 Å². The summed E-state index contributed by atoms with van der Waals surface area (Å²) >= 11 is 0. The number of aromatic amines is 1. The van der Waals surface area contributed by atoms with Crippen molar-refractivity contribution in [2.24, 2.45) is 0 Å². The minimum atomic E-state index is -1.14. The number of aromatic carboxylic acids is 1. The maximum absolute atomic E-state index is 12.2. The van der Waals surface area contributed by atoms with Gasteiger partial charge in [-0.15, -0.1) is 0 Å². The van der Waals surface area contributed by atoms with Crippen LogP contribution in [0.5, 0.6) is 0 Å². The predicted molar refractivity (Wildman–Crippen MR) is 77.4 cm³/mol. The average Bonchev–Trinajstić information content (AvgIpc) is 2.94. The van der Waals surface area contributed by atoms with Gasteiger partial charge in [0, 0.05) is 29.2 Å². The summed E-state index contributed by atoms with van der Waals surface area (Å²) < 4.78 is 0. The Bertz CT molecular complexity index is 839. The highest BCUT2D eigenvalue weighted by Gasteiger charge is 2.10. The molecule has 0 fully saturated rings. The lowest BCUT2D eigenvalue weighted by Gasteiger charge is -2.06. The SMILES string of the molecule is O=C(Nc1ccnc(C(=O)O)c1)c1ccc2cc[nH]c2c1. The van der Waals surface area contributed by atoms with Crippen LogP contribution in [0.2, 0.25) is 0 Å². The van der Waals surface area contributed by atoms with Crippen molar-refractivity contribution in [1.29, 1.82) is 0 Å². The maximum Gasteiger partial charge on any atom is 0.354 e. The predicted octanol–water partition coefficient (Wildman–Crippen LogP) is 2.51. The standard InChI is InChI=1S/C15H11N3O3/c19-14(10-2-1-9-3-5-16-12(9)7-10)18-11-4-6-17-13(8-11)15(20)21/h1-8,16H,(H,20,21)(H,17,18,19). The van der Waals surface area contributed by atoms with Gasteiger partial charge in [-0.2, -0.15) is 0 Å². The van der Waals surface area contributed by atoms with Gasteiger partial charge < -0.3 is 15.4 Å². The molecule has 21 heavy (non-hydrogen) atoms. The summed E-state index contributed by atoms with van der Waals surface area (Å²) in [5.74, 6) is -1.45. The number of hydrogen-bond donors (Lipinski definition) is 3. The van der Waals surface area contributed by atoms with E-state index in [9.17, 15) is 9.59 Å². The summed E-state index contributed by atoms with van der Waals surface area (Å²) in [5, 5.41) is 12.5. The third-order valence-electron chi connectivity index (χ3n) is 3.05.